The van der Waals surface area contributed by atoms with E-state index in [0.717, 1.165) is 24.4 Å². The molecule has 0 spiro atoms. The highest BCUT2D eigenvalue weighted by Crippen LogP contribution is 2.29. The van der Waals surface area contributed by atoms with Crippen LogP contribution in [0.15, 0.2) is 42.9 Å². The molecular weight excluding hydrogens is 344 g/mol. The molecule has 1 aromatic carbocycles. The number of nitrogens with two attached hydrogens (primary N) is 1. The van der Waals surface area contributed by atoms with Crippen LogP contribution in [0.2, 0.25) is 0 Å². The lowest BCUT2D eigenvalue weighted by molar-refractivity contribution is -0.123. The van der Waals surface area contributed by atoms with Crippen molar-refractivity contribution in [3.8, 4) is 0 Å². The third-order valence-corrected chi connectivity index (χ3v) is 6.15. The fourth-order valence-corrected chi connectivity index (χ4v) is 4.70. The molecule has 2 unspecified atom stereocenters. The molecule has 0 saturated heterocycles. The highest BCUT2D eigenvalue weighted by atomic mass is 32.2. The Bertz CT molecular complexity index is 703. The molecule has 1 fully saturated rings. The Morgan fingerprint density at radius 2 is 2.19 bits per heavy atom. The van der Waals surface area contributed by atoms with Crippen molar-refractivity contribution < 1.29 is 4.79 Å². The van der Waals surface area contributed by atoms with E-state index >= 15 is 0 Å². The normalized spacial score (nSPS) is 20.8. The van der Waals surface area contributed by atoms with E-state index in [-0.39, 0.29) is 11.9 Å². The summed E-state index contributed by atoms with van der Waals surface area (Å²) in [6.45, 7) is 2.94. The summed E-state index contributed by atoms with van der Waals surface area (Å²) in [7, 11) is 0. The molecule has 3 rings (SSSR count). The molecule has 1 saturated carbocycles. The summed E-state index contributed by atoms with van der Waals surface area (Å²) in [5, 5.41) is 3.69. The van der Waals surface area contributed by atoms with Crippen molar-refractivity contribution in [3.63, 3.8) is 0 Å². The maximum atomic E-state index is 12.5. The first kappa shape index (κ1) is 19.0. The second-order valence-corrected chi connectivity index (χ2v) is 8.39. The van der Waals surface area contributed by atoms with E-state index in [9.17, 15) is 4.79 Å². The first-order valence-electron chi connectivity index (χ1n) is 9.38. The van der Waals surface area contributed by atoms with Gasteiger partial charge in [-0.3, -0.25) is 4.79 Å². The van der Waals surface area contributed by atoms with Crippen LogP contribution < -0.4 is 11.1 Å². The van der Waals surface area contributed by atoms with Crippen molar-refractivity contribution in [1.29, 1.82) is 0 Å². The molecule has 3 N–H and O–H groups in total. The predicted molar refractivity (Wildman–Crippen MR) is 107 cm³/mol. The second-order valence-electron chi connectivity index (χ2n) is 6.87. The lowest BCUT2D eigenvalue weighted by atomic mass is 10.1. The zero-order valence-electron chi connectivity index (χ0n) is 15.3. The number of imidazole rings is 1. The van der Waals surface area contributed by atoms with E-state index < -0.39 is 6.04 Å². The van der Waals surface area contributed by atoms with Crippen LogP contribution in [0, 0.1) is 0 Å². The minimum atomic E-state index is -0.553. The van der Waals surface area contributed by atoms with Gasteiger partial charge >= 0.3 is 0 Å². The smallest absolute Gasteiger partial charge is 0.237 e. The Labute approximate surface area is 159 Å². The molecule has 0 aliphatic heterocycles. The van der Waals surface area contributed by atoms with Crippen LogP contribution >= 0.6 is 11.8 Å². The quantitative estimate of drug-likeness (QED) is 0.747. The van der Waals surface area contributed by atoms with Crippen LogP contribution in [-0.4, -0.2) is 38.5 Å². The van der Waals surface area contributed by atoms with Crippen molar-refractivity contribution in [2.75, 3.05) is 5.75 Å². The van der Waals surface area contributed by atoms with Gasteiger partial charge in [0.15, 0.2) is 0 Å². The van der Waals surface area contributed by atoms with Crippen molar-refractivity contribution in [2.24, 2.45) is 5.73 Å². The number of hydrogen-bond acceptors (Lipinski definition) is 4. The zero-order chi connectivity index (χ0) is 18.4. The largest absolute Gasteiger partial charge is 0.351 e. The molecule has 1 heterocycles. The van der Waals surface area contributed by atoms with Crippen LogP contribution in [0.1, 0.15) is 37.4 Å². The zero-order valence-corrected chi connectivity index (χ0v) is 16.1. The average Bonchev–Trinajstić information content (AvgIpc) is 3.26. The minimum Gasteiger partial charge on any atom is -0.351 e. The first-order chi connectivity index (χ1) is 12.7. The Balaban J connectivity index is 1.51. The second kappa shape index (κ2) is 9.24. The van der Waals surface area contributed by atoms with Crippen molar-refractivity contribution in [2.45, 2.75) is 56.5 Å². The first-order valence-corrected chi connectivity index (χ1v) is 10.4. The molecule has 1 aliphatic rings. The molecule has 1 amide bonds. The number of rotatable bonds is 8. The number of amides is 1. The van der Waals surface area contributed by atoms with Gasteiger partial charge in [-0.15, -0.1) is 0 Å². The lowest BCUT2D eigenvalue weighted by Crippen LogP contribution is -2.48. The molecule has 2 aromatic rings. The molecule has 1 aromatic heterocycles. The van der Waals surface area contributed by atoms with Gasteiger partial charge in [-0.25, -0.2) is 4.98 Å². The molecule has 0 radical (unpaired) electrons. The molecule has 140 valence electrons. The van der Waals surface area contributed by atoms with Gasteiger partial charge in [0.1, 0.15) is 0 Å². The molecule has 6 heteroatoms. The highest BCUT2D eigenvalue weighted by molar-refractivity contribution is 7.99. The maximum Gasteiger partial charge on any atom is 0.237 e. The van der Waals surface area contributed by atoms with E-state index in [4.69, 9.17) is 5.73 Å². The molecule has 3 atom stereocenters. The monoisotopic (exact) mass is 372 g/mol. The SMILES string of the molecule is CCSC1CCCC1NC(=O)[C@@H](N)Cc1cn(Cc2ccccc2)cn1. The fourth-order valence-electron chi connectivity index (χ4n) is 3.50. The Morgan fingerprint density at radius 3 is 2.96 bits per heavy atom. The van der Waals surface area contributed by atoms with Gasteiger partial charge in [0.2, 0.25) is 5.91 Å². The summed E-state index contributed by atoms with van der Waals surface area (Å²) >= 11 is 1.94. The van der Waals surface area contributed by atoms with E-state index in [1.165, 1.54) is 18.4 Å². The molecule has 0 bridgehead atoms. The summed E-state index contributed by atoms with van der Waals surface area (Å²) in [5.41, 5.74) is 8.22. The number of nitrogens with zero attached hydrogens (tertiary/aromatic N) is 2. The summed E-state index contributed by atoms with van der Waals surface area (Å²) in [5.74, 6) is 1.03. The summed E-state index contributed by atoms with van der Waals surface area (Å²) in [6, 6.07) is 9.95. The van der Waals surface area contributed by atoms with Gasteiger partial charge in [-0.1, -0.05) is 43.7 Å². The van der Waals surface area contributed by atoms with Crippen molar-refractivity contribution in [1.82, 2.24) is 14.9 Å². The van der Waals surface area contributed by atoms with Crippen LogP contribution in [0.3, 0.4) is 0 Å². The van der Waals surface area contributed by atoms with Crippen LogP contribution in [-0.2, 0) is 17.8 Å². The Morgan fingerprint density at radius 1 is 1.38 bits per heavy atom. The molecule has 26 heavy (non-hydrogen) atoms. The minimum absolute atomic E-state index is 0.0591. The van der Waals surface area contributed by atoms with Gasteiger partial charge in [0.25, 0.3) is 0 Å². The third-order valence-electron chi connectivity index (χ3n) is 4.82. The molecular formula is C20H28N4OS. The average molecular weight is 373 g/mol. The van der Waals surface area contributed by atoms with Gasteiger partial charge in [0, 0.05) is 30.5 Å². The van der Waals surface area contributed by atoms with Crippen LogP contribution in [0.4, 0.5) is 0 Å². The molecule has 5 nitrogen and oxygen atoms in total. The van der Waals surface area contributed by atoms with Gasteiger partial charge < -0.3 is 15.6 Å². The van der Waals surface area contributed by atoms with E-state index in [1.54, 1.807) is 6.33 Å². The van der Waals surface area contributed by atoms with Gasteiger partial charge in [-0.05, 0) is 24.2 Å². The van der Waals surface area contributed by atoms with Crippen molar-refractivity contribution >= 4 is 17.7 Å². The number of nitrogens with one attached hydrogen (secondary N) is 1. The lowest BCUT2D eigenvalue weighted by Gasteiger charge is -2.22. The fraction of sp³-hybridized carbons (Fsp3) is 0.500. The van der Waals surface area contributed by atoms with E-state index in [0.29, 0.717) is 11.7 Å². The number of hydrogen-bond donors (Lipinski definition) is 2. The summed E-state index contributed by atoms with van der Waals surface area (Å²) in [4.78, 5) is 16.9. The van der Waals surface area contributed by atoms with E-state index in [2.05, 4.69) is 29.4 Å². The summed E-state index contributed by atoms with van der Waals surface area (Å²) in [6.07, 6.45) is 7.67. The van der Waals surface area contributed by atoms with Gasteiger partial charge in [-0.2, -0.15) is 11.8 Å². The molecule has 1 aliphatic carbocycles. The topological polar surface area (TPSA) is 72.9 Å². The maximum absolute atomic E-state index is 12.5. The number of carbonyl (C=O) groups excluding carboxylic acids is 1. The predicted octanol–water partition coefficient (Wildman–Crippen LogP) is 2.59. The highest BCUT2D eigenvalue weighted by Gasteiger charge is 2.29. The summed E-state index contributed by atoms with van der Waals surface area (Å²) < 4.78 is 2.03. The number of carbonyl (C=O) groups is 1. The van der Waals surface area contributed by atoms with Crippen LogP contribution in [0.25, 0.3) is 0 Å². The van der Waals surface area contributed by atoms with E-state index in [1.807, 2.05) is 40.7 Å². The van der Waals surface area contributed by atoms with Gasteiger partial charge in [0.05, 0.1) is 18.1 Å². The number of thioether (sulfide) groups is 1. The standard InChI is InChI=1S/C20H28N4OS/c1-2-26-19-10-6-9-18(19)23-20(25)17(21)11-16-13-24(14-22-16)12-15-7-4-3-5-8-15/h3-5,7-8,13-14,17-19H,2,6,9-12,21H2,1H3,(H,23,25)/t17-,18?,19?/m0/s1. The van der Waals surface area contributed by atoms with Crippen LogP contribution in [0.5, 0.6) is 0 Å². The number of benzene rings is 1. The Kier molecular flexibility index (Phi) is 6.74. The number of aromatic nitrogens is 2. The Hall–Kier alpha value is -1.79. The van der Waals surface area contributed by atoms with Crippen molar-refractivity contribution in [3.05, 3.63) is 54.1 Å². The third kappa shape index (κ3) is 5.11.